The Bertz CT molecular complexity index is 531. The number of ether oxygens (including phenoxy) is 1. The van der Waals surface area contributed by atoms with Crippen molar-refractivity contribution in [1.82, 2.24) is 0 Å². The first-order valence-corrected chi connectivity index (χ1v) is 7.66. The minimum atomic E-state index is -0.259. The highest BCUT2D eigenvalue weighted by molar-refractivity contribution is 14.1. The molecule has 0 aromatic heterocycles. The Balaban J connectivity index is 1.73. The van der Waals surface area contributed by atoms with Gasteiger partial charge < -0.3 is 10.1 Å². The molecule has 0 saturated heterocycles. The second-order valence-corrected chi connectivity index (χ2v) is 5.48. The minimum absolute atomic E-state index is 0.202. The van der Waals surface area contributed by atoms with E-state index in [0.717, 1.165) is 11.3 Å². The number of nitrogens with one attached hydrogen (secondary N) is 1. The summed E-state index contributed by atoms with van der Waals surface area (Å²) in [5.74, 6) is -0.202. The molecule has 0 aliphatic rings. The Hall–Kier alpha value is -1.56. The highest BCUT2D eigenvalue weighted by Crippen LogP contribution is 2.24. The molecule has 1 N–H and O–H groups in total. The third-order valence-electron chi connectivity index (χ3n) is 2.75. The maximum atomic E-state index is 11.9. The summed E-state index contributed by atoms with van der Waals surface area (Å²) >= 11 is 2.10. The Morgan fingerprint density at radius 3 is 2.30 bits per heavy atom. The number of anilines is 1. The molecule has 104 valence electrons. The average Bonchev–Trinajstić information content (AvgIpc) is 2.52. The van der Waals surface area contributed by atoms with Crippen LogP contribution in [0.15, 0.2) is 60.7 Å². The summed E-state index contributed by atoms with van der Waals surface area (Å²) in [6.07, 6.45) is 0. The molecular formula is C16H16INO2. The first-order valence-electron chi connectivity index (χ1n) is 6.42. The molecule has 0 aliphatic heterocycles. The first-order chi connectivity index (χ1) is 9.77. The zero-order chi connectivity index (χ0) is 14.2. The van der Waals surface area contributed by atoms with Crippen LogP contribution in [0.5, 0.6) is 0 Å². The van der Waals surface area contributed by atoms with Gasteiger partial charge >= 0.3 is 5.97 Å². The molecule has 0 spiro atoms. The van der Waals surface area contributed by atoms with E-state index in [-0.39, 0.29) is 9.89 Å². The fourth-order valence-corrected chi connectivity index (χ4v) is 2.33. The second kappa shape index (κ2) is 7.89. The number of benzene rings is 2. The Morgan fingerprint density at radius 1 is 1.05 bits per heavy atom. The molecule has 0 heterocycles. The third kappa shape index (κ3) is 4.52. The van der Waals surface area contributed by atoms with Gasteiger partial charge in [0, 0.05) is 12.2 Å². The maximum Gasteiger partial charge on any atom is 0.323 e. The van der Waals surface area contributed by atoms with Gasteiger partial charge in [0.1, 0.15) is 10.5 Å². The number of carbonyl (C=O) groups excluding carboxylic acids is 1. The van der Waals surface area contributed by atoms with Crippen molar-refractivity contribution in [2.45, 2.75) is 3.92 Å². The fourth-order valence-electron chi connectivity index (χ4n) is 1.73. The van der Waals surface area contributed by atoms with E-state index in [1.54, 1.807) is 0 Å². The third-order valence-corrected chi connectivity index (χ3v) is 3.98. The predicted octanol–water partition coefficient (Wildman–Crippen LogP) is 3.82. The van der Waals surface area contributed by atoms with E-state index in [1.165, 1.54) is 0 Å². The lowest BCUT2D eigenvalue weighted by atomic mass is 10.2. The molecular weight excluding hydrogens is 365 g/mol. The molecule has 4 heteroatoms. The van der Waals surface area contributed by atoms with E-state index in [0.29, 0.717) is 13.2 Å². The number of rotatable bonds is 6. The lowest BCUT2D eigenvalue weighted by molar-refractivity contribution is -0.142. The Labute approximate surface area is 132 Å². The van der Waals surface area contributed by atoms with Gasteiger partial charge in [-0.25, -0.2) is 0 Å². The van der Waals surface area contributed by atoms with Crippen molar-refractivity contribution in [3.05, 3.63) is 66.2 Å². The van der Waals surface area contributed by atoms with Crippen molar-refractivity contribution < 1.29 is 9.53 Å². The smallest absolute Gasteiger partial charge is 0.323 e. The molecule has 0 aliphatic carbocycles. The zero-order valence-electron chi connectivity index (χ0n) is 11.0. The predicted molar refractivity (Wildman–Crippen MR) is 89.1 cm³/mol. The molecule has 3 nitrogen and oxygen atoms in total. The van der Waals surface area contributed by atoms with Crippen molar-refractivity contribution in [2.24, 2.45) is 0 Å². The monoisotopic (exact) mass is 381 g/mol. The summed E-state index contributed by atoms with van der Waals surface area (Å²) in [5, 5.41) is 3.20. The number of carbonyl (C=O) groups is 1. The van der Waals surface area contributed by atoms with Crippen LogP contribution in [0.4, 0.5) is 5.69 Å². The van der Waals surface area contributed by atoms with Crippen molar-refractivity contribution in [1.29, 1.82) is 0 Å². The van der Waals surface area contributed by atoms with Gasteiger partial charge in [-0.2, -0.15) is 0 Å². The highest BCUT2D eigenvalue weighted by atomic mass is 127. The Kier molecular flexibility index (Phi) is 5.86. The lowest BCUT2D eigenvalue weighted by Gasteiger charge is -2.11. The first kappa shape index (κ1) is 14.8. The molecule has 2 aromatic rings. The van der Waals surface area contributed by atoms with E-state index in [1.807, 2.05) is 60.7 Å². The van der Waals surface area contributed by atoms with E-state index in [9.17, 15) is 4.79 Å². The number of halogens is 1. The van der Waals surface area contributed by atoms with Crippen LogP contribution >= 0.6 is 22.6 Å². The number of hydrogen-bond donors (Lipinski definition) is 1. The molecule has 1 atom stereocenters. The van der Waals surface area contributed by atoms with E-state index in [2.05, 4.69) is 27.9 Å². The summed E-state index contributed by atoms with van der Waals surface area (Å²) in [7, 11) is 0. The number of esters is 1. The SMILES string of the molecule is O=C(OCCNc1ccccc1)C(I)c1ccccc1. The van der Waals surface area contributed by atoms with Crippen LogP contribution in [0.1, 0.15) is 9.49 Å². The van der Waals surface area contributed by atoms with Crippen molar-refractivity contribution in [3.63, 3.8) is 0 Å². The van der Waals surface area contributed by atoms with Crippen molar-refractivity contribution in [3.8, 4) is 0 Å². The molecule has 0 saturated carbocycles. The summed E-state index contributed by atoms with van der Waals surface area (Å²) in [5.41, 5.74) is 1.99. The molecule has 0 amide bonds. The number of hydrogen-bond acceptors (Lipinski definition) is 3. The topological polar surface area (TPSA) is 38.3 Å². The molecule has 2 rings (SSSR count). The molecule has 20 heavy (non-hydrogen) atoms. The summed E-state index contributed by atoms with van der Waals surface area (Å²) < 4.78 is 5.01. The lowest BCUT2D eigenvalue weighted by Crippen LogP contribution is -2.16. The van der Waals surface area contributed by atoms with Crippen LogP contribution in [0.3, 0.4) is 0 Å². The highest BCUT2D eigenvalue weighted by Gasteiger charge is 2.17. The van der Waals surface area contributed by atoms with Crippen molar-refractivity contribution in [2.75, 3.05) is 18.5 Å². The maximum absolute atomic E-state index is 11.9. The number of para-hydroxylation sites is 1. The molecule has 1 unspecified atom stereocenters. The van der Waals surface area contributed by atoms with Crippen LogP contribution < -0.4 is 5.32 Å². The molecule has 2 aromatic carbocycles. The summed E-state index contributed by atoms with van der Waals surface area (Å²) in [6, 6.07) is 19.5. The van der Waals surface area contributed by atoms with E-state index < -0.39 is 0 Å². The van der Waals surface area contributed by atoms with Gasteiger partial charge in [0.15, 0.2) is 0 Å². The van der Waals surface area contributed by atoms with Gasteiger partial charge in [0.25, 0.3) is 0 Å². The van der Waals surface area contributed by atoms with E-state index in [4.69, 9.17) is 4.74 Å². The van der Waals surface area contributed by atoms with Gasteiger partial charge in [-0.1, -0.05) is 71.1 Å². The number of alkyl halides is 1. The van der Waals surface area contributed by atoms with Crippen LogP contribution in [0, 0.1) is 0 Å². The summed E-state index contributed by atoms with van der Waals surface area (Å²) in [6.45, 7) is 0.966. The van der Waals surface area contributed by atoms with Gasteiger partial charge in [0.05, 0.1) is 0 Å². The van der Waals surface area contributed by atoms with Gasteiger partial charge in [-0.15, -0.1) is 0 Å². The molecule has 0 radical (unpaired) electrons. The second-order valence-electron chi connectivity index (χ2n) is 4.23. The van der Waals surface area contributed by atoms with Gasteiger partial charge in [-0.05, 0) is 17.7 Å². The molecule has 0 bridgehead atoms. The minimum Gasteiger partial charge on any atom is -0.463 e. The normalized spacial score (nSPS) is 11.7. The standard InChI is InChI=1S/C16H16INO2/c17-15(13-7-3-1-4-8-13)16(19)20-12-11-18-14-9-5-2-6-10-14/h1-10,15,18H,11-12H2. The Morgan fingerprint density at radius 2 is 1.65 bits per heavy atom. The quantitative estimate of drug-likeness (QED) is 0.358. The van der Waals surface area contributed by atoms with Crippen LogP contribution in [0.2, 0.25) is 0 Å². The van der Waals surface area contributed by atoms with E-state index >= 15 is 0 Å². The van der Waals surface area contributed by atoms with Crippen molar-refractivity contribution >= 4 is 34.2 Å². The zero-order valence-corrected chi connectivity index (χ0v) is 13.1. The summed E-state index contributed by atoms with van der Waals surface area (Å²) in [4.78, 5) is 11.9. The van der Waals surface area contributed by atoms with Crippen LogP contribution in [-0.4, -0.2) is 19.1 Å². The van der Waals surface area contributed by atoms with Gasteiger partial charge in [0.2, 0.25) is 0 Å². The average molecular weight is 381 g/mol. The largest absolute Gasteiger partial charge is 0.463 e. The van der Waals surface area contributed by atoms with Crippen LogP contribution in [-0.2, 0) is 9.53 Å². The molecule has 0 fully saturated rings. The van der Waals surface area contributed by atoms with Crippen LogP contribution in [0.25, 0.3) is 0 Å². The fraction of sp³-hybridized carbons (Fsp3) is 0.188. The van der Waals surface area contributed by atoms with Gasteiger partial charge in [-0.3, -0.25) is 4.79 Å².